The first-order chi connectivity index (χ1) is 7.75. The van der Waals surface area contributed by atoms with Crippen LogP contribution < -0.4 is 5.32 Å². The quantitative estimate of drug-likeness (QED) is 0.811. The smallest absolute Gasteiger partial charge is 0.244 e. The van der Waals surface area contributed by atoms with Crippen molar-refractivity contribution in [3.05, 3.63) is 24.5 Å². The number of pyridine rings is 1. The molecule has 84 valence electrons. The van der Waals surface area contributed by atoms with Crippen LogP contribution in [0.15, 0.2) is 24.5 Å². The summed E-state index contributed by atoms with van der Waals surface area (Å²) in [6, 6.07) is 3.51. The van der Waals surface area contributed by atoms with Crippen molar-refractivity contribution in [2.24, 2.45) is 0 Å². The average molecular weight is 219 g/mol. The number of nitrogens with one attached hydrogen (secondary N) is 1. The molecule has 0 unspecified atom stereocenters. The van der Waals surface area contributed by atoms with E-state index in [-0.39, 0.29) is 18.4 Å². The third-order valence-corrected chi connectivity index (χ3v) is 2.45. The molecule has 1 aliphatic rings. The molecule has 0 bridgehead atoms. The Morgan fingerprint density at radius 2 is 2.44 bits per heavy atom. The molecule has 2 amide bonds. The van der Waals surface area contributed by atoms with Gasteiger partial charge in [-0.25, -0.2) is 0 Å². The zero-order chi connectivity index (χ0) is 11.4. The SMILES string of the molecule is O=C(CN1CCCC1=O)Nc1cccnc1. The first kappa shape index (κ1) is 10.6. The van der Waals surface area contributed by atoms with E-state index in [9.17, 15) is 9.59 Å². The van der Waals surface area contributed by atoms with Gasteiger partial charge in [-0.1, -0.05) is 0 Å². The van der Waals surface area contributed by atoms with Gasteiger partial charge in [0.1, 0.15) is 0 Å². The van der Waals surface area contributed by atoms with Crippen LogP contribution in [-0.4, -0.2) is 34.8 Å². The molecule has 0 atom stereocenters. The number of anilines is 1. The van der Waals surface area contributed by atoms with Crippen LogP contribution in [0.3, 0.4) is 0 Å². The Morgan fingerprint density at radius 1 is 1.56 bits per heavy atom. The lowest BCUT2D eigenvalue weighted by atomic mass is 10.4. The van der Waals surface area contributed by atoms with Crippen LogP contribution in [0, 0.1) is 0 Å². The minimum absolute atomic E-state index is 0.0568. The summed E-state index contributed by atoms with van der Waals surface area (Å²) >= 11 is 0. The fourth-order valence-electron chi connectivity index (χ4n) is 1.68. The van der Waals surface area contributed by atoms with Crippen LogP contribution in [0.2, 0.25) is 0 Å². The molecule has 1 aromatic heterocycles. The molecule has 1 fully saturated rings. The number of hydrogen-bond donors (Lipinski definition) is 1. The second-order valence-corrected chi connectivity index (χ2v) is 3.71. The van der Waals surface area contributed by atoms with E-state index in [1.165, 1.54) is 0 Å². The van der Waals surface area contributed by atoms with Gasteiger partial charge >= 0.3 is 0 Å². The van der Waals surface area contributed by atoms with Crippen LogP contribution in [0.25, 0.3) is 0 Å². The van der Waals surface area contributed by atoms with Crippen molar-refractivity contribution in [1.29, 1.82) is 0 Å². The molecule has 0 spiro atoms. The van der Waals surface area contributed by atoms with E-state index in [0.717, 1.165) is 6.42 Å². The molecule has 1 aliphatic heterocycles. The van der Waals surface area contributed by atoms with Crippen LogP contribution in [0.4, 0.5) is 5.69 Å². The molecule has 5 heteroatoms. The molecule has 1 saturated heterocycles. The molecule has 16 heavy (non-hydrogen) atoms. The summed E-state index contributed by atoms with van der Waals surface area (Å²) in [6.07, 6.45) is 4.61. The number of aromatic nitrogens is 1. The Bertz CT molecular complexity index is 391. The number of carbonyl (C=O) groups excluding carboxylic acids is 2. The summed E-state index contributed by atoms with van der Waals surface area (Å²) in [5, 5.41) is 2.69. The highest BCUT2D eigenvalue weighted by Gasteiger charge is 2.22. The van der Waals surface area contributed by atoms with Gasteiger partial charge in [-0.2, -0.15) is 0 Å². The van der Waals surface area contributed by atoms with Crippen molar-refractivity contribution >= 4 is 17.5 Å². The minimum Gasteiger partial charge on any atom is -0.333 e. The minimum atomic E-state index is -0.178. The maximum Gasteiger partial charge on any atom is 0.244 e. The third-order valence-electron chi connectivity index (χ3n) is 2.45. The number of amides is 2. The predicted molar refractivity (Wildman–Crippen MR) is 58.7 cm³/mol. The fraction of sp³-hybridized carbons (Fsp3) is 0.364. The van der Waals surface area contributed by atoms with Crippen molar-refractivity contribution in [1.82, 2.24) is 9.88 Å². The molecule has 2 heterocycles. The van der Waals surface area contributed by atoms with E-state index in [4.69, 9.17) is 0 Å². The van der Waals surface area contributed by atoms with Crippen molar-refractivity contribution in [3.8, 4) is 0 Å². The molecule has 0 aromatic carbocycles. The van der Waals surface area contributed by atoms with Crippen LogP contribution in [0.5, 0.6) is 0 Å². The predicted octanol–water partition coefficient (Wildman–Crippen LogP) is 0.642. The largest absolute Gasteiger partial charge is 0.333 e. The second kappa shape index (κ2) is 4.74. The summed E-state index contributed by atoms with van der Waals surface area (Å²) < 4.78 is 0. The van der Waals surface area contributed by atoms with E-state index in [2.05, 4.69) is 10.3 Å². The highest BCUT2D eigenvalue weighted by molar-refractivity contribution is 5.94. The maximum absolute atomic E-state index is 11.6. The molecule has 0 aliphatic carbocycles. The molecule has 5 nitrogen and oxygen atoms in total. The number of carbonyl (C=O) groups is 2. The molecule has 2 rings (SSSR count). The van der Waals surface area contributed by atoms with E-state index >= 15 is 0 Å². The summed E-state index contributed by atoms with van der Waals surface area (Å²) in [5.41, 5.74) is 0.652. The molecule has 0 radical (unpaired) electrons. The van der Waals surface area contributed by atoms with Crippen molar-refractivity contribution in [2.75, 3.05) is 18.4 Å². The number of hydrogen-bond acceptors (Lipinski definition) is 3. The van der Waals surface area contributed by atoms with Gasteiger partial charge in [0, 0.05) is 19.2 Å². The number of rotatable bonds is 3. The van der Waals surface area contributed by atoms with E-state index in [1.807, 2.05) is 0 Å². The lowest BCUT2D eigenvalue weighted by Gasteiger charge is -2.14. The van der Waals surface area contributed by atoms with Crippen LogP contribution >= 0.6 is 0 Å². The molecular weight excluding hydrogens is 206 g/mol. The average Bonchev–Trinajstić information content (AvgIpc) is 2.66. The molecule has 1 N–H and O–H groups in total. The summed E-state index contributed by atoms with van der Waals surface area (Å²) in [4.78, 5) is 28.3. The van der Waals surface area contributed by atoms with Gasteiger partial charge in [0.2, 0.25) is 11.8 Å². The third kappa shape index (κ3) is 2.56. The van der Waals surface area contributed by atoms with Crippen molar-refractivity contribution in [2.45, 2.75) is 12.8 Å². The first-order valence-corrected chi connectivity index (χ1v) is 5.23. The summed E-state index contributed by atoms with van der Waals surface area (Å²) in [7, 11) is 0. The fourth-order valence-corrected chi connectivity index (χ4v) is 1.68. The van der Waals surface area contributed by atoms with Gasteiger partial charge in [-0.15, -0.1) is 0 Å². The summed E-state index contributed by atoms with van der Waals surface area (Å²) in [6.45, 7) is 0.813. The van der Waals surface area contributed by atoms with Gasteiger partial charge in [0.15, 0.2) is 0 Å². The van der Waals surface area contributed by atoms with Gasteiger partial charge in [-0.3, -0.25) is 14.6 Å². The van der Waals surface area contributed by atoms with E-state index in [1.54, 1.807) is 29.4 Å². The van der Waals surface area contributed by atoms with E-state index < -0.39 is 0 Å². The zero-order valence-corrected chi connectivity index (χ0v) is 8.85. The topological polar surface area (TPSA) is 62.3 Å². The molecule has 0 saturated carbocycles. The maximum atomic E-state index is 11.6. The Hall–Kier alpha value is -1.91. The normalized spacial score (nSPS) is 15.2. The summed E-state index contributed by atoms with van der Waals surface area (Å²) in [5.74, 6) is -0.121. The standard InChI is InChI=1S/C11H13N3O2/c15-10(8-14-6-2-4-11(14)16)13-9-3-1-5-12-7-9/h1,3,5,7H,2,4,6,8H2,(H,13,15). The highest BCUT2D eigenvalue weighted by atomic mass is 16.2. The van der Waals surface area contributed by atoms with Gasteiger partial charge < -0.3 is 10.2 Å². The zero-order valence-electron chi connectivity index (χ0n) is 8.85. The van der Waals surface area contributed by atoms with Gasteiger partial charge in [0.05, 0.1) is 18.4 Å². The first-order valence-electron chi connectivity index (χ1n) is 5.23. The lowest BCUT2D eigenvalue weighted by Crippen LogP contribution is -2.33. The Balaban J connectivity index is 1.87. The monoisotopic (exact) mass is 219 g/mol. The van der Waals surface area contributed by atoms with Crippen LogP contribution in [0.1, 0.15) is 12.8 Å². The van der Waals surface area contributed by atoms with Gasteiger partial charge in [-0.05, 0) is 18.6 Å². The highest BCUT2D eigenvalue weighted by Crippen LogP contribution is 2.09. The lowest BCUT2D eigenvalue weighted by molar-refractivity contribution is -0.131. The Kier molecular flexibility index (Phi) is 3.14. The van der Waals surface area contributed by atoms with Gasteiger partial charge in [0.25, 0.3) is 0 Å². The molecule has 1 aromatic rings. The Morgan fingerprint density at radius 3 is 3.06 bits per heavy atom. The Labute approximate surface area is 93.5 Å². The number of likely N-dealkylation sites (tertiary alicyclic amines) is 1. The van der Waals surface area contributed by atoms with Crippen molar-refractivity contribution < 1.29 is 9.59 Å². The molecular formula is C11H13N3O2. The second-order valence-electron chi connectivity index (χ2n) is 3.71. The number of nitrogens with zero attached hydrogens (tertiary/aromatic N) is 2. The van der Waals surface area contributed by atoms with E-state index in [0.29, 0.717) is 18.7 Å². The van der Waals surface area contributed by atoms with Crippen molar-refractivity contribution in [3.63, 3.8) is 0 Å². The van der Waals surface area contributed by atoms with Crippen LogP contribution in [-0.2, 0) is 9.59 Å².